The van der Waals surface area contributed by atoms with E-state index >= 15 is 0 Å². The fourth-order valence-corrected chi connectivity index (χ4v) is 2.71. The molecule has 3 rings (SSSR count). The molecule has 0 saturated heterocycles. The Bertz CT molecular complexity index is 849. The molecule has 7 heteroatoms. The van der Waals surface area contributed by atoms with Gasteiger partial charge in [-0.15, -0.1) is 0 Å². The summed E-state index contributed by atoms with van der Waals surface area (Å²) >= 11 is 0. The second-order valence-electron chi connectivity index (χ2n) is 5.87. The van der Waals surface area contributed by atoms with Gasteiger partial charge in [-0.05, 0) is 18.6 Å². The minimum Gasteiger partial charge on any atom is -0.467 e. The van der Waals surface area contributed by atoms with Gasteiger partial charge in [-0.25, -0.2) is 0 Å². The minimum absolute atomic E-state index is 0.0723. The molecule has 1 atom stereocenters. The van der Waals surface area contributed by atoms with E-state index in [4.69, 9.17) is 9.47 Å². The van der Waals surface area contributed by atoms with Crippen molar-refractivity contribution >= 4 is 17.7 Å². The van der Waals surface area contributed by atoms with Crippen molar-refractivity contribution < 1.29 is 19.2 Å². The second-order valence-corrected chi connectivity index (χ2v) is 5.87. The molecule has 0 spiro atoms. The van der Waals surface area contributed by atoms with E-state index in [1.165, 1.54) is 24.3 Å². The molecule has 0 bridgehead atoms. The second kappa shape index (κ2) is 7.79. The molecular weight excluding hydrogens is 336 g/mol. The number of non-ortho nitro benzene ring substituents is 1. The lowest BCUT2D eigenvalue weighted by Crippen LogP contribution is -2.24. The summed E-state index contributed by atoms with van der Waals surface area (Å²) < 4.78 is 10.6. The van der Waals surface area contributed by atoms with E-state index in [1.54, 1.807) is 0 Å². The monoisotopic (exact) mass is 354 g/mol. The Hall–Kier alpha value is -3.19. The van der Waals surface area contributed by atoms with Crippen LogP contribution in [0.3, 0.4) is 0 Å². The van der Waals surface area contributed by atoms with Crippen LogP contribution in [0.2, 0.25) is 0 Å². The first-order valence-corrected chi connectivity index (χ1v) is 8.10. The first kappa shape index (κ1) is 17.6. The smallest absolute Gasteiger partial charge is 0.270 e. The first-order valence-electron chi connectivity index (χ1n) is 8.10. The van der Waals surface area contributed by atoms with E-state index in [0.717, 1.165) is 5.56 Å². The summed E-state index contributed by atoms with van der Waals surface area (Å²) in [6.45, 7) is 2.19. The number of carbonyl (C=O) groups excluding carboxylic acids is 1. The van der Waals surface area contributed by atoms with E-state index in [-0.39, 0.29) is 31.0 Å². The van der Waals surface area contributed by atoms with E-state index in [2.05, 4.69) is 5.32 Å². The number of amides is 1. The van der Waals surface area contributed by atoms with Crippen molar-refractivity contribution in [2.45, 2.75) is 19.6 Å². The maximum atomic E-state index is 12.2. The van der Waals surface area contributed by atoms with Crippen LogP contribution < -0.4 is 10.1 Å². The maximum Gasteiger partial charge on any atom is 0.270 e. The lowest BCUT2D eigenvalue weighted by Gasteiger charge is -2.19. The van der Waals surface area contributed by atoms with E-state index in [9.17, 15) is 14.9 Å². The van der Waals surface area contributed by atoms with E-state index in [1.807, 2.05) is 37.3 Å². The van der Waals surface area contributed by atoms with Crippen molar-refractivity contribution in [1.82, 2.24) is 5.32 Å². The van der Waals surface area contributed by atoms with Crippen LogP contribution in [0.4, 0.5) is 5.69 Å². The topological polar surface area (TPSA) is 90.7 Å². The zero-order valence-corrected chi connectivity index (χ0v) is 14.2. The molecule has 134 valence electrons. The molecule has 2 aromatic rings. The number of fused-ring (bicyclic) bond motifs is 1. The van der Waals surface area contributed by atoms with Crippen LogP contribution in [0.1, 0.15) is 29.7 Å². The van der Waals surface area contributed by atoms with Crippen LogP contribution in [0.15, 0.2) is 48.5 Å². The maximum absolute atomic E-state index is 12.2. The Balaban J connectivity index is 1.78. The molecule has 1 amide bonds. The van der Waals surface area contributed by atoms with E-state index < -0.39 is 4.92 Å². The van der Waals surface area contributed by atoms with Gasteiger partial charge in [-0.3, -0.25) is 14.9 Å². The van der Waals surface area contributed by atoms with Gasteiger partial charge in [-0.2, -0.15) is 0 Å². The highest BCUT2D eigenvalue weighted by atomic mass is 16.7. The van der Waals surface area contributed by atoms with Gasteiger partial charge in [0.1, 0.15) is 5.75 Å². The summed E-state index contributed by atoms with van der Waals surface area (Å²) in [5, 5.41) is 14.0. The van der Waals surface area contributed by atoms with Gasteiger partial charge in [0, 0.05) is 29.3 Å². The lowest BCUT2D eigenvalue weighted by atomic mass is 10.1. The Morgan fingerprint density at radius 2 is 2.08 bits per heavy atom. The minimum atomic E-state index is -0.482. The van der Waals surface area contributed by atoms with Crippen LogP contribution in [-0.4, -0.2) is 17.6 Å². The van der Waals surface area contributed by atoms with Crippen LogP contribution in [0.5, 0.6) is 5.75 Å². The number of hydrogen-bond donors (Lipinski definition) is 1. The summed E-state index contributed by atoms with van der Waals surface area (Å²) in [7, 11) is 0. The third-order valence-electron chi connectivity index (χ3n) is 4.01. The number of nitrogens with zero attached hydrogens (tertiary/aromatic N) is 1. The number of nitrogens with one attached hydrogen (secondary N) is 1. The van der Waals surface area contributed by atoms with Crippen LogP contribution in [0, 0.1) is 10.1 Å². The number of carbonyl (C=O) groups is 1. The van der Waals surface area contributed by atoms with Crippen molar-refractivity contribution in [3.8, 4) is 5.75 Å². The number of nitro benzene ring substituents is 1. The fraction of sp³-hybridized carbons (Fsp3) is 0.211. The van der Waals surface area contributed by atoms with E-state index in [0.29, 0.717) is 16.9 Å². The zero-order chi connectivity index (χ0) is 18.5. The molecular formula is C19H18N2O5. The quantitative estimate of drug-likeness (QED) is 0.505. The van der Waals surface area contributed by atoms with Gasteiger partial charge in [0.25, 0.3) is 5.69 Å². The molecule has 0 fully saturated rings. The fourth-order valence-electron chi connectivity index (χ4n) is 2.71. The molecule has 0 radical (unpaired) electrons. The molecule has 0 aromatic heterocycles. The summed E-state index contributed by atoms with van der Waals surface area (Å²) in [5.41, 5.74) is 1.97. The Morgan fingerprint density at radius 3 is 2.81 bits per heavy atom. The average Bonchev–Trinajstić information content (AvgIpc) is 2.66. The molecule has 0 unspecified atom stereocenters. The molecule has 26 heavy (non-hydrogen) atoms. The van der Waals surface area contributed by atoms with Gasteiger partial charge < -0.3 is 14.8 Å². The molecule has 1 N–H and O–H groups in total. The largest absolute Gasteiger partial charge is 0.467 e. The normalized spacial score (nSPS) is 14.3. The van der Waals surface area contributed by atoms with Crippen molar-refractivity contribution in [2.24, 2.45) is 0 Å². The summed E-state index contributed by atoms with van der Waals surface area (Å²) in [6.07, 6.45) is 2.86. The van der Waals surface area contributed by atoms with Gasteiger partial charge in [0.2, 0.25) is 5.91 Å². The summed E-state index contributed by atoms with van der Waals surface area (Å²) in [5.74, 6) is 0.204. The highest BCUT2D eigenvalue weighted by Crippen LogP contribution is 2.33. The van der Waals surface area contributed by atoms with Crippen LogP contribution >= 0.6 is 0 Å². The first-order chi connectivity index (χ1) is 12.5. The van der Waals surface area contributed by atoms with Crippen molar-refractivity contribution in [1.29, 1.82) is 0 Å². The molecule has 1 aliphatic heterocycles. The Kier molecular flexibility index (Phi) is 5.28. The molecule has 1 aliphatic rings. The number of rotatable bonds is 5. The number of benzene rings is 2. The van der Waals surface area contributed by atoms with Crippen LogP contribution in [0.25, 0.3) is 6.08 Å². The molecule has 0 aliphatic carbocycles. The summed E-state index contributed by atoms with van der Waals surface area (Å²) in [6, 6.07) is 12.2. The van der Waals surface area contributed by atoms with Crippen molar-refractivity contribution in [3.05, 3.63) is 75.3 Å². The Morgan fingerprint density at radius 1 is 1.31 bits per heavy atom. The molecule has 2 aromatic carbocycles. The predicted octanol–water partition coefficient (Wildman–Crippen LogP) is 3.35. The van der Waals surface area contributed by atoms with Gasteiger partial charge in [0.05, 0.1) is 17.6 Å². The highest BCUT2D eigenvalue weighted by Gasteiger charge is 2.20. The standard InChI is InChI=1S/C19H18N2O5/c1-13(14-5-3-2-4-6-14)20-18(22)8-7-15-9-17(21(23)24)10-16-11-25-12-26-19(15)16/h2-10,13H,11-12H2,1H3,(H,20,22)/b8-7+/t13-/m1/s1. The van der Waals surface area contributed by atoms with Gasteiger partial charge >= 0.3 is 0 Å². The SMILES string of the molecule is C[C@@H](NC(=O)/C=C/c1cc([N+](=O)[O-])cc2c1OCOC2)c1ccccc1. The Labute approximate surface area is 150 Å². The molecule has 7 nitrogen and oxygen atoms in total. The molecule has 0 saturated carbocycles. The third-order valence-corrected chi connectivity index (χ3v) is 4.01. The zero-order valence-electron chi connectivity index (χ0n) is 14.2. The average molecular weight is 354 g/mol. The number of nitro groups is 1. The van der Waals surface area contributed by atoms with Crippen LogP contribution in [-0.2, 0) is 16.1 Å². The van der Waals surface area contributed by atoms with Crippen molar-refractivity contribution in [3.63, 3.8) is 0 Å². The van der Waals surface area contributed by atoms with Crippen molar-refractivity contribution in [2.75, 3.05) is 6.79 Å². The number of hydrogen-bond acceptors (Lipinski definition) is 5. The van der Waals surface area contributed by atoms with Gasteiger partial charge in [0.15, 0.2) is 6.79 Å². The predicted molar refractivity (Wildman–Crippen MR) is 95.4 cm³/mol. The highest BCUT2D eigenvalue weighted by molar-refractivity contribution is 5.92. The summed E-state index contributed by atoms with van der Waals surface area (Å²) in [4.78, 5) is 22.8. The third kappa shape index (κ3) is 4.07. The lowest BCUT2D eigenvalue weighted by molar-refractivity contribution is -0.385. The van der Waals surface area contributed by atoms with Gasteiger partial charge in [-0.1, -0.05) is 30.3 Å². The molecule has 1 heterocycles. The number of ether oxygens (including phenoxy) is 2.